The molecule has 0 spiro atoms. The molecule has 4 heteroatoms. The van der Waals surface area contributed by atoms with E-state index in [1.165, 1.54) is 13.8 Å². The average Bonchev–Trinajstić information content (AvgIpc) is 1.90. The molecule has 0 radical (unpaired) electrons. The third-order valence-corrected chi connectivity index (χ3v) is 1.02. The largest absolute Gasteiger partial charge is 0.481 e. The zero-order chi connectivity index (χ0) is 9.44. The van der Waals surface area contributed by atoms with E-state index in [0.717, 1.165) is 0 Å². The van der Waals surface area contributed by atoms with Crippen molar-refractivity contribution in [3.8, 4) is 0 Å². The number of rotatable bonds is 3. The molecule has 0 aliphatic heterocycles. The molecule has 0 fully saturated rings. The Morgan fingerprint density at radius 2 is 1.82 bits per heavy atom. The Labute approximate surface area is 80.3 Å². The van der Waals surface area contributed by atoms with Crippen molar-refractivity contribution in [2.75, 3.05) is 4.93 Å². The van der Waals surface area contributed by atoms with Gasteiger partial charge in [-0.15, -0.1) is 0 Å². The molecule has 0 aromatic heterocycles. The Balaban J connectivity index is 0. The first-order valence-electron chi connectivity index (χ1n) is 3.14. The van der Waals surface area contributed by atoms with Gasteiger partial charge in [0.25, 0.3) is 0 Å². The van der Waals surface area contributed by atoms with E-state index >= 15 is 0 Å². The van der Waals surface area contributed by atoms with Crippen molar-refractivity contribution in [2.24, 2.45) is 5.92 Å². The Bertz CT molecular complexity index is 134. The molecule has 1 atom stereocenters. The molecule has 0 aromatic carbocycles. The van der Waals surface area contributed by atoms with Crippen LogP contribution < -0.4 is 0 Å². The van der Waals surface area contributed by atoms with Gasteiger partial charge in [0.1, 0.15) is 5.78 Å². The standard InChI is InChI=1S/C6H10O3.CH3I/c1-4(6(8)9)3-5(2)7;1-2/h4H,3H2,1-2H3,(H,8,9);1H3. The van der Waals surface area contributed by atoms with Gasteiger partial charge in [0.05, 0.1) is 5.92 Å². The maximum atomic E-state index is 10.3. The van der Waals surface area contributed by atoms with Crippen LogP contribution in [0.5, 0.6) is 0 Å². The van der Waals surface area contributed by atoms with Crippen molar-refractivity contribution in [3.63, 3.8) is 0 Å². The summed E-state index contributed by atoms with van der Waals surface area (Å²) in [6.07, 6.45) is 0.134. The third-order valence-electron chi connectivity index (χ3n) is 1.02. The van der Waals surface area contributed by atoms with Gasteiger partial charge >= 0.3 is 5.97 Å². The molecule has 0 aliphatic rings. The summed E-state index contributed by atoms with van der Waals surface area (Å²) in [7, 11) is 0. The van der Waals surface area contributed by atoms with Crippen LogP contribution in [0.3, 0.4) is 0 Å². The predicted octanol–water partition coefficient (Wildman–Crippen LogP) is 1.74. The molecule has 1 N–H and O–H groups in total. The van der Waals surface area contributed by atoms with Crippen LogP contribution in [0.25, 0.3) is 0 Å². The van der Waals surface area contributed by atoms with E-state index in [-0.39, 0.29) is 12.2 Å². The van der Waals surface area contributed by atoms with E-state index in [1.54, 1.807) is 0 Å². The fourth-order valence-corrected chi connectivity index (χ4v) is 0.518. The Hall–Kier alpha value is -0.130. The highest BCUT2D eigenvalue weighted by molar-refractivity contribution is 14.1. The van der Waals surface area contributed by atoms with Crippen LogP contribution in [0.15, 0.2) is 0 Å². The smallest absolute Gasteiger partial charge is 0.306 e. The summed E-state index contributed by atoms with van der Waals surface area (Å²) in [5, 5.41) is 8.28. The Morgan fingerprint density at radius 1 is 1.45 bits per heavy atom. The van der Waals surface area contributed by atoms with E-state index in [1.807, 2.05) is 4.93 Å². The van der Waals surface area contributed by atoms with E-state index < -0.39 is 11.9 Å². The van der Waals surface area contributed by atoms with Crippen LogP contribution in [0.4, 0.5) is 0 Å². The number of hydrogen-bond acceptors (Lipinski definition) is 2. The highest BCUT2D eigenvalue weighted by atomic mass is 127. The first kappa shape index (κ1) is 13.5. The molecule has 0 rings (SSSR count). The normalized spacial score (nSPS) is 10.9. The van der Waals surface area contributed by atoms with Gasteiger partial charge in [0, 0.05) is 6.42 Å². The number of Topliss-reactive ketones (excluding diaryl/α,β-unsaturated/α-hetero) is 1. The predicted molar refractivity (Wildman–Crippen MR) is 52.0 cm³/mol. The second kappa shape index (κ2) is 7.97. The number of carbonyl (C=O) groups excluding carboxylic acids is 1. The number of carbonyl (C=O) groups is 2. The summed E-state index contributed by atoms with van der Waals surface area (Å²) < 4.78 is 0. The quantitative estimate of drug-likeness (QED) is 0.629. The lowest BCUT2D eigenvalue weighted by molar-refractivity contribution is -0.142. The second-order valence-electron chi connectivity index (χ2n) is 2.15. The van der Waals surface area contributed by atoms with Crippen molar-refractivity contribution in [1.29, 1.82) is 0 Å². The summed E-state index contributed by atoms with van der Waals surface area (Å²) in [5.41, 5.74) is 0. The molecule has 0 saturated carbocycles. The molecule has 0 aromatic rings. The number of aliphatic carboxylic acids is 1. The van der Waals surface area contributed by atoms with E-state index in [4.69, 9.17) is 5.11 Å². The molecule has 0 aliphatic carbocycles. The summed E-state index contributed by atoms with van der Waals surface area (Å²) in [4.78, 5) is 22.3. The summed E-state index contributed by atoms with van der Waals surface area (Å²) in [5.74, 6) is -1.53. The van der Waals surface area contributed by atoms with Gasteiger partial charge in [-0.05, 0) is 11.9 Å². The van der Waals surface area contributed by atoms with Crippen molar-refractivity contribution in [3.05, 3.63) is 0 Å². The topological polar surface area (TPSA) is 54.4 Å². The van der Waals surface area contributed by atoms with Gasteiger partial charge in [0.2, 0.25) is 0 Å². The zero-order valence-electron chi connectivity index (χ0n) is 6.93. The average molecular weight is 272 g/mol. The number of alkyl halides is 1. The van der Waals surface area contributed by atoms with Crippen LogP contribution in [0, 0.1) is 5.92 Å². The zero-order valence-corrected chi connectivity index (χ0v) is 9.08. The number of ketones is 1. The fourth-order valence-electron chi connectivity index (χ4n) is 0.518. The molecule has 0 saturated heterocycles. The maximum Gasteiger partial charge on any atom is 0.306 e. The van der Waals surface area contributed by atoms with Crippen LogP contribution in [-0.2, 0) is 9.59 Å². The van der Waals surface area contributed by atoms with E-state index in [2.05, 4.69) is 22.6 Å². The van der Waals surface area contributed by atoms with Gasteiger partial charge in [-0.1, -0.05) is 29.5 Å². The highest BCUT2D eigenvalue weighted by Gasteiger charge is 2.11. The van der Waals surface area contributed by atoms with Gasteiger partial charge in [-0.2, -0.15) is 0 Å². The summed E-state index contributed by atoms with van der Waals surface area (Å²) >= 11 is 2.15. The van der Waals surface area contributed by atoms with Crippen molar-refractivity contribution in [1.82, 2.24) is 0 Å². The molecule has 11 heavy (non-hydrogen) atoms. The van der Waals surface area contributed by atoms with E-state index in [0.29, 0.717) is 0 Å². The van der Waals surface area contributed by atoms with Gasteiger partial charge in [0.15, 0.2) is 0 Å². The van der Waals surface area contributed by atoms with Gasteiger partial charge in [-0.3, -0.25) is 4.79 Å². The third kappa shape index (κ3) is 9.87. The first-order valence-corrected chi connectivity index (χ1v) is 5.30. The molecule has 0 heterocycles. The molecule has 0 bridgehead atoms. The Kier molecular flexibility index (Phi) is 9.75. The Morgan fingerprint density at radius 3 is 1.91 bits per heavy atom. The maximum absolute atomic E-state index is 10.3. The lowest BCUT2D eigenvalue weighted by Crippen LogP contribution is -2.12. The van der Waals surface area contributed by atoms with Crippen LogP contribution in [0.1, 0.15) is 20.3 Å². The van der Waals surface area contributed by atoms with Crippen LogP contribution in [-0.4, -0.2) is 21.8 Å². The molecule has 0 amide bonds. The number of hydrogen-bond donors (Lipinski definition) is 1. The fraction of sp³-hybridized carbons (Fsp3) is 0.714. The van der Waals surface area contributed by atoms with Crippen LogP contribution in [0.2, 0.25) is 0 Å². The highest BCUT2D eigenvalue weighted by Crippen LogP contribution is 2.00. The van der Waals surface area contributed by atoms with E-state index in [9.17, 15) is 9.59 Å². The van der Waals surface area contributed by atoms with Gasteiger partial charge < -0.3 is 9.90 Å². The summed E-state index contributed by atoms with van der Waals surface area (Å²) in [6, 6.07) is 0. The SMILES string of the molecule is CC(=O)CC(C)C(=O)O.CI. The van der Waals surface area contributed by atoms with Crippen molar-refractivity contribution in [2.45, 2.75) is 20.3 Å². The minimum atomic E-state index is -0.912. The van der Waals surface area contributed by atoms with Gasteiger partial charge in [-0.25, -0.2) is 0 Å². The lowest BCUT2D eigenvalue weighted by atomic mass is 10.1. The summed E-state index contributed by atoms with van der Waals surface area (Å²) in [6.45, 7) is 2.91. The minimum absolute atomic E-state index is 0.0788. The molecule has 3 nitrogen and oxygen atoms in total. The van der Waals surface area contributed by atoms with Crippen LogP contribution >= 0.6 is 22.6 Å². The molecule has 1 unspecified atom stereocenters. The minimum Gasteiger partial charge on any atom is -0.481 e. The number of carboxylic acid groups (broad SMARTS) is 1. The second-order valence-corrected chi connectivity index (χ2v) is 2.15. The van der Waals surface area contributed by atoms with Crippen molar-refractivity contribution < 1.29 is 14.7 Å². The molecule has 66 valence electrons. The monoisotopic (exact) mass is 272 g/mol. The van der Waals surface area contributed by atoms with Crippen molar-refractivity contribution >= 4 is 34.3 Å². The molecular formula is C7H13IO3. The number of halogens is 1. The molecular weight excluding hydrogens is 259 g/mol. The lowest BCUT2D eigenvalue weighted by Gasteiger charge is -1.99. The first-order chi connectivity index (χ1) is 5.04. The number of carboxylic acids is 1.